The third-order valence-electron chi connectivity index (χ3n) is 11.3. The third-order valence-corrected chi connectivity index (χ3v) is 11.3. The van der Waals surface area contributed by atoms with E-state index in [1.54, 1.807) is 20.8 Å². The van der Waals surface area contributed by atoms with Crippen LogP contribution in [0, 0.1) is 40.4 Å². The molecular formula is C41H60FNO5. The summed E-state index contributed by atoms with van der Waals surface area (Å²) in [4.78, 5) is 45.0. The van der Waals surface area contributed by atoms with E-state index < -0.39 is 51.8 Å². The number of hydrogen-bond acceptors (Lipinski definition) is 5. The van der Waals surface area contributed by atoms with E-state index in [2.05, 4.69) is 57.8 Å². The number of fused-ring (bicyclic) bond motifs is 5. The number of alkyl halides is 1. The number of carbonyl (C=O) groups is 3. The average Bonchev–Trinajstić information content (AvgIpc) is 3.00. The molecule has 1 aromatic rings. The Balaban J connectivity index is 2.38. The fourth-order valence-electron chi connectivity index (χ4n) is 9.40. The first-order valence-electron chi connectivity index (χ1n) is 17.8. The molecule has 0 unspecified atom stereocenters. The SMILES string of the molecule is CC[C@H]1OC(=O)[C@@](C)(F)C(=O)[C@H](C)[C@@H](C(C)(C)C)[C@]2(C)CC/C(=C/C=C/c3ccccc3)CC[C@H]([C@@H](C)/C(=N/C(C)=O)[C@H](C)C2)[C@]1(C)O. The zero-order chi connectivity index (χ0) is 36.2. The number of allylic oxidation sites excluding steroid dienone is 3. The Labute approximate surface area is 288 Å². The van der Waals surface area contributed by atoms with Gasteiger partial charge in [-0.25, -0.2) is 14.2 Å². The molecule has 1 aliphatic heterocycles. The van der Waals surface area contributed by atoms with Gasteiger partial charge in [0.1, 0.15) is 11.7 Å². The van der Waals surface area contributed by atoms with Crippen LogP contribution < -0.4 is 0 Å². The Morgan fingerprint density at radius 3 is 2.25 bits per heavy atom. The first kappa shape index (κ1) is 39.5. The molecule has 1 aromatic carbocycles. The second-order valence-corrected chi connectivity index (χ2v) is 16.4. The number of amides is 1. The number of aliphatic imine (C=N–C) groups is 1. The van der Waals surface area contributed by atoms with Gasteiger partial charge in [-0.3, -0.25) is 9.59 Å². The summed E-state index contributed by atoms with van der Waals surface area (Å²) in [5.74, 6) is -4.58. The maximum absolute atomic E-state index is 16.6. The van der Waals surface area contributed by atoms with Crippen molar-refractivity contribution in [1.29, 1.82) is 0 Å². The number of hydrogen-bond donors (Lipinski definition) is 1. The summed E-state index contributed by atoms with van der Waals surface area (Å²) in [7, 11) is 0. The van der Waals surface area contributed by atoms with Crippen molar-refractivity contribution >= 4 is 29.4 Å². The smallest absolute Gasteiger partial charge is 0.351 e. The lowest BCUT2D eigenvalue weighted by Crippen LogP contribution is -2.56. The van der Waals surface area contributed by atoms with Crippen LogP contribution in [0.3, 0.4) is 0 Å². The molecule has 1 saturated heterocycles. The summed E-state index contributed by atoms with van der Waals surface area (Å²) >= 11 is 0. The van der Waals surface area contributed by atoms with E-state index in [1.807, 2.05) is 37.3 Å². The lowest BCUT2D eigenvalue weighted by molar-refractivity contribution is -0.187. The minimum Gasteiger partial charge on any atom is -0.457 e. The Morgan fingerprint density at radius 1 is 1.06 bits per heavy atom. The number of Topliss-reactive ketones (excluding diaryl/α,β-unsaturated/α-hetero) is 1. The van der Waals surface area contributed by atoms with Crippen molar-refractivity contribution in [1.82, 2.24) is 0 Å². The van der Waals surface area contributed by atoms with Crippen LogP contribution in [0.15, 0.2) is 53.0 Å². The fourth-order valence-corrected chi connectivity index (χ4v) is 9.40. The normalized spacial score (nSPS) is 37.9. The summed E-state index contributed by atoms with van der Waals surface area (Å²) < 4.78 is 22.4. The van der Waals surface area contributed by atoms with Crippen LogP contribution in [-0.4, -0.2) is 45.9 Å². The average molecular weight is 666 g/mol. The van der Waals surface area contributed by atoms with Crippen LogP contribution in [0.2, 0.25) is 0 Å². The number of halogens is 1. The maximum atomic E-state index is 16.6. The molecule has 48 heavy (non-hydrogen) atoms. The largest absolute Gasteiger partial charge is 0.457 e. The lowest BCUT2D eigenvalue weighted by atomic mass is 9.54. The Bertz CT molecular complexity index is 1400. The number of rotatable bonds is 3. The zero-order valence-electron chi connectivity index (χ0n) is 31.2. The number of ether oxygens (including phenoxy) is 1. The number of cyclic esters (lactones) is 1. The predicted octanol–water partition coefficient (Wildman–Crippen LogP) is 9.15. The first-order valence-corrected chi connectivity index (χ1v) is 17.8. The van der Waals surface area contributed by atoms with Gasteiger partial charge in [-0.05, 0) is 86.5 Å². The van der Waals surface area contributed by atoms with E-state index in [0.717, 1.165) is 18.9 Å². The van der Waals surface area contributed by atoms with Crippen LogP contribution in [0.4, 0.5) is 4.39 Å². The van der Waals surface area contributed by atoms with Crippen molar-refractivity contribution in [3.8, 4) is 0 Å². The van der Waals surface area contributed by atoms with E-state index in [-0.39, 0.29) is 30.1 Å². The summed E-state index contributed by atoms with van der Waals surface area (Å²) in [5.41, 5.74) is -2.49. The predicted molar refractivity (Wildman–Crippen MR) is 192 cm³/mol. The third kappa shape index (κ3) is 8.80. The first-order chi connectivity index (χ1) is 22.2. The standard InChI is InChI=1S/C41H60FNO5/c1-12-33-41(11,47)32-22-21-31(20-16-19-30-17-14-13-15-18-30)23-24-39(9,25-26(2)34(27(32)3)43-29(5)44)35(38(6,7)8)28(4)36(45)40(10,42)37(46)48-33/h13-20,26-28,32-33,35,47H,12,21-25H2,1-11H3/b19-16+,31-20+,43-34+/t26-,27-,28-,32-,33-,35+,39-,40+,41+/m1/s1. The lowest BCUT2D eigenvalue weighted by Gasteiger charge is -2.50. The van der Waals surface area contributed by atoms with Crippen LogP contribution in [0.25, 0.3) is 6.08 Å². The molecule has 9 atom stereocenters. The Kier molecular flexibility index (Phi) is 12.6. The van der Waals surface area contributed by atoms with E-state index in [0.29, 0.717) is 31.4 Å². The van der Waals surface area contributed by atoms with Crippen molar-refractivity contribution < 1.29 is 28.6 Å². The van der Waals surface area contributed by atoms with Gasteiger partial charge < -0.3 is 9.84 Å². The second-order valence-electron chi connectivity index (χ2n) is 16.4. The molecule has 1 N–H and O–H groups in total. The van der Waals surface area contributed by atoms with Gasteiger partial charge in [-0.15, -0.1) is 0 Å². The number of benzene rings is 1. The van der Waals surface area contributed by atoms with Crippen LogP contribution in [-0.2, 0) is 19.1 Å². The summed E-state index contributed by atoms with van der Waals surface area (Å²) in [6.45, 7) is 20.1. The van der Waals surface area contributed by atoms with Gasteiger partial charge in [0.15, 0.2) is 5.78 Å². The Morgan fingerprint density at radius 2 is 1.69 bits per heavy atom. The van der Waals surface area contributed by atoms with Crippen molar-refractivity contribution in [3.63, 3.8) is 0 Å². The molecule has 0 aromatic heterocycles. The molecule has 2 bridgehead atoms. The minimum absolute atomic E-state index is 0.176. The van der Waals surface area contributed by atoms with E-state index in [1.165, 1.54) is 12.5 Å². The van der Waals surface area contributed by atoms with Gasteiger partial charge >= 0.3 is 5.97 Å². The molecule has 1 aliphatic carbocycles. The maximum Gasteiger partial charge on any atom is 0.351 e. The highest BCUT2D eigenvalue weighted by molar-refractivity contribution is 6.07. The summed E-state index contributed by atoms with van der Waals surface area (Å²) in [6, 6.07) is 10.1. The number of esters is 1. The summed E-state index contributed by atoms with van der Waals surface area (Å²) in [5, 5.41) is 12.4. The minimum atomic E-state index is -2.89. The quantitative estimate of drug-likeness (QED) is 0.257. The molecular weight excluding hydrogens is 605 g/mol. The van der Waals surface area contributed by atoms with E-state index in [9.17, 15) is 19.5 Å². The molecule has 1 amide bonds. The second kappa shape index (κ2) is 15.3. The highest BCUT2D eigenvalue weighted by atomic mass is 19.1. The highest BCUT2D eigenvalue weighted by Gasteiger charge is 2.55. The molecule has 2 fully saturated rings. The van der Waals surface area contributed by atoms with Gasteiger partial charge in [-0.2, -0.15) is 0 Å². The van der Waals surface area contributed by atoms with Crippen molar-refractivity contribution in [2.45, 2.75) is 132 Å². The molecule has 1 saturated carbocycles. The molecule has 1 heterocycles. The molecule has 266 valence electrons. The molecule has 7 heteroatoms. The van der Waals surface area contributed by atoms with Gasteiger partial charge in [0.25, 0.3) is 5.67 Å². The highest BCUT2D eigenvalue weighted by Crippen LogP contribution is 2.54. The molecule has 2 aliphatic rings. The molecule has 3 rings (SSSR count). The van der Waals surface area contributed by atoms with Crippen molar-refractivity contribution in [2.75, 3.05) is 0 Å². The number of nitrogens with zero attached hydrogens (tertiary/aromatic N) is 1. The van der Waals surface area contributed by atoms with Crippen molar-refractivity contribution in [2.24, 2.45) is 45.4 Å². The monoisotopic (exact) mass is 665 g/mol. The van der Waals surface area contributed by atoms with Crippen molar-refractivity contribution in [3.05, 3.63) is 53.6 Å². The number of carbonyl (C=O) groups excluding carboxylic acids is 3. The Hall–Kier alpha value is -2.93. The van der Waals surface area contributed by atoms with Gasteiger partial charge in [0.05, 0.1) is 0 Å². The van der Waals surface area contributed by atoms with Gasteiger partial charge in [0.2, 0.25) is 5.91 Å². The van der Waals surface area contributed by atoms with E-state index >= 15 is 4.39 Å². The molecule has 6 nitrogen and oxygen atoms in total. The topological polar surface area (TPSA) is 93.0 Å². The van der Waals surface area contributed by atoms with E-state index in [4.69, 9.17) is 4.74 Å². The zero-order valence-corrected chi connectivity index (χ0v) is 31.2. The number of aliphatic hydroxyl groups is 1. The van der Waals surface area contributed by atoms with Gasteiger partial charge in [0, 0.05) is 24.5 Å². The van der Waals surface area contributed by atoms with Crippen LogP contribution in [0.5, 0.6) is 0 Å². The molecule has 0 radical (unpaired) electrons. The van der Waals surface area contributed by atoms with Gasteiger partial charge in [-0.1, -0.05) is 110 Å². The number of ketones is 1. The fraction of sp³-hybridized carbons (Fsp3) is 0.659. The van der Waals surface area contributed by atoms with Crippen LogP contribution in [0.1, 0.15) is 120 Å². The summed E-state index contributed by atoms with van der Waals surface area (Å²) in [6.07, 6.45) is 8.63. The molecule has 0 spiro atoms. The van der Waals surface area contributed by atoms with Crippen LogP contribution >= 0.6 is 0 Å².